The van der Waals surface area contributed by atoms with E-state index in [9.17, 15) is 9.59 Å². The maximum atomic E-state index is 12.6. The van der Waals surface area contributed by atoms with Crippen LogP contribution in [-0.2, 0) is 16.0 Å². The molecular weight excluding hydrogens is 533 g/mol. The van der Waals surface area contributed by atoms with Gasteiger partial charge in [0.2, 0.25) is 17.7 Å². The molecule has 0 spiro atoms. The molecule has 0 unspecified atom stereocenters. The summed E-state index contributed by atoms with van der Waals surface area (Å²) >= 11 is 13.9. The van der Waals surface area contributed by atoms with Gasteiger partial charge < -0.3 is 15.4 Å². The summed E-state index contributed by atoms with van der Waals surface area (Å²) in [6.07, 6.45) is 4.50. The number of amides is 2. The highest BCUT2D eigenvalue weighted by Gasteiger charge is 2.20. The quantitative estimate of drug-likeness (QED) is 0.254. The van der Waals surface area contributed by atoms with E-state index in [0.29, 0.717) is 40.1 Å². The van der Waals surface area contributed by atoms with Gasteiger partial charge in [-0.2, -0.15) is 5.10 Å². The van der Waals surface area contributed by atoms with Gasteiger partial charge in [0.1, 0.15) is 6.04 Å². The highest BCUT2D eigenvalue weighted by atomic mass is 35.5. The van der Waals surface area contributed by atoms with Gasteiger partial charge in [-0.3, -0.25) is 14.6 Å². The number of ether oxygens (including phenoxy) is 1. The second-order valence-corrected chi connectivity index (χ2v) is 9.94. The summed E-state index contributed by atoms with van der Waals surface area (Å²) in [5.41, 5.74) is 2.18. The molecule has 0 bridgehead atoms. The first-order chi connectivity index (χ1) is 17.9. The molecule has 4 aromatic rings. The van der Waals surface area contributed by atoms with E-state index >= 15 is 0 Å². The number of thiophene rings is 1. The van der Waals surface area contributed by atoms with Crippen molar-refractivity contribution >= 4 is 46.4 Å². The number of carbonyl (C=O) groups excluding carboxylic acids is 2. The van der Waals surface area contributed by atoms with Crippen LogP contribution >= 0.6 is 34.5 Å². The van der Waals surface area contributed by atoms with Gasteiger partial charge in [-0.05, 0) is 48.2 Å². The largest absolute Gasteiger partial charge is 0.478 e. The average Bonchev–Trinajstić information content (AvgIpc) is 3.58. The minimum absolute atomic E-state index is 0.203. The van der Waals surface area contributed by atoms with Crippen LogP contribution in [0.5, 0.6) is 5.88 Å². The number of carbonyl (C=O) groups is 2. The van der Waals surface area contributed by atoms with Gasteiger partial charge in [-0.15, -0.1) is 11.3 Å². The molecule has 0 saturated carbocycles. The van der Waals surface area contributed by atoms with Crippen LogP contribution in [0.2, 0.25) is 10.0 Å². The summed E-state index contributed by atoms with van der Waals surface area (Å²) in [5, 5.41) is 12.9. The number of halogens is 2. The Labute approximate surface area is 228 Å². The summed E-state index contributed by atoms with van der Waals surface area (Å²) in [5.74, 6) is 0.0350. The molecule has 11 heteroatoms. The van der Waals surface area contributed by atoms with Crippen molar-refractivity contribution in [2.45, 2.75) is 25.3 Å². The number of likely N-dealkylation sites (N-methyl/N-ethyl adjacent to an activating group) is 1. The molecule has 0 aliphatic carbocycles. The van der Waals surface area contributed by atoms with Crippen LogP contribution in [-0.4, -0.2) is 46.3 Å². The van der Waals surface area contributed by atoms with Gasteiger partial charge in [0.25, 0.3) is 0 Å². The number of aromatic nitrogens is 3. The smallest absolute Gasteiger partial charge is 0.242 e. The molecule has 3 aromatic heterocycles. The van der Waals surface area contributed by atoms with Crippen LogP contribution in [0.15, 0.2) is 66.3 Å². The van der Waals surface area contributed by atoms with Gasteiger partial charge in [-0.25, -0.2) is 4.68 Å². The van der Waals surface area contributed by atoms with E-state index in [1.54, 1.807) is 53.7 Å². The summed E-state index contributed by atoms with van der Waals surface area (Å²) in [6.45, 7) is 0.266. The number of benzene rings is 1. The molecular formula is C26H25Cl2N5O3S. The molecule has 0 aliphatic rings. The summed E-state index contributed by atoms with van der Waals surface area (Å²) in [7, 11) is 1.56. The van der Waals surface area contributed by atoms with E-state index in [0.717, 1.165) is 10.4 Å². The van der Waals surface area contributed by atoms with E-state index in [1.165, 1.54) is 0 Å². The third-order valence-electron chi connectivity index (χ3n) is 5.46. The van der Waals surface area contributed by atoms with Crippen LogP contribution in [0, 0.1) is 0 Å². The molecule has 0 fully saturated rings. The van der Waals surface area contributed by atoms with E-state index in [-0.39, 0.29) is 24.8 Å². The zero-order valence-electron chi connectivity index (χ0n) is 20.0. The lowest BCUT2D eigenvalue weighted by Crippen LogP contribution is -2.46. The van der Waals surface area contributed by atoms with Gasteiger partial charge in [0.05, 0.1) is 28.0 Å². The second kappa shape index (κ2) is 12.7. The minimum atomic E-state index is -0.629. The maximum Gasteiger partial charge on any atom is 0.242 e. The fourth-order valence-electron chi connectivity index (χ4n) is 3.61. The lowest BCUT2D eigenvalue weighted by atomic mass is 10.1. The Bertz CT molecular complexity index is 1350. The molecule has 1 atom stereocenters. The Hall–Kier alpha value is -3.40. The molecule has 37 heavy (non-hydrogen) atoms. The highest BCUT2D eigenvalue weighted by Crippen LogP contribution is 2.29. The summed E-state index contributed by atoms with van der Waals surface area (Å²) in [6, 6.07) is 14.0. The molecule has 0 saturated heterocycles. The number of hydrogen-bond donors (Lipinski definition) is 2. The zero-order valence-corrected chi connectivity index (χ0v) is 22.3. The Balaban J connectivity index is 1.40. The van der Waals surface area contributed by atoms with Crippen molar-refractivity contribution in [2.24, 2.45) is 0 Å². The molecule has 0 radical (unpaired) electrons. The molecule has 192 valence electrons. The van der Waals surface area contributed by atoms with Crippen molar-refractivity contribution in [2.75, 3.05) is 13.7 Å². The van der Waals surface area contributed by atoms with Gasteiger partial charge >= 0.3 is 0 Å². The van der Waals surface area contributed by atoms with Gasteiger partial charge in [-0.1, -0.05) is 29.3 Å². The van der Waals surface area contributed by atoms with Crippen LogP contribution in [0.1, 0.15) is 17.7 Å². The van der Waals surface area contributed by atoms with Crippen molar-refractivity contribution in [3.05, 3.63) is 81.2 Å². The molecule has 0 aliphatic heterocycles. The maximum absolute atomic E-state index is 12.6. The first-order valence-corrected chi connectivity index (χ1v) is 13.2. The Morgan fingerprint density at radius 1 is 1.14 bits per heavy atom. The van der Waals surface area contributed by atoms with Crippen molar-refractivity contribution in [1.82, 2.24) is 25.4 Å². The number of nitrogens with zero attached hydrogens (tertiary/aromatic N) is 3. The van der Waals surface area contributed by atoms with Crippen molar-refractivity contribution in [1.29, 1.82) is 0 Å². The lowest BCUT2D eigenvalue weighted by Gasteiger charge is -2.16. The molecule has 2 N–H and O–H groups in total. The van der Waals surface area contributed by atoms with E-state index in [1.807, 2.05) is 35.7 Å². The van der Waals surface area contributed by atoms with E-state index in [2.05, 4.69) is 20.7 Å². The zero-order chi connectivity index (χ0) is 26.2. The Morgan fingerprint density at radius 2 is 2.00 bits per heavy atom. The van der Waals surface area contributed by atoms with Crippen LogP contribution < -0.4 is 15.4 Å². The average molecular weight is 558 g/mol. The molecule has 1 aromatic carbocycles. The number of hydrogen-bond acceptors (Lipinski definition) is 6. The first kappa shape index (κ1) is 26.7. The number of nitrogens with one attached hydrogen (secondary N) is 2. The van der Waals surface area contributed by atoms with E-state index < -0.39 is 6.04 Å². The fourth-order valence-corrected chi connectivity index (χ4v) is 4.66. The van der Waals surface area contributed by atoms with Gasteiger partial charge in [0.15, 0.2) is 0 Å². The molecule has 3 heterocycles. The fraction of sp³-hybridized carbons (Fsp3) is 0.231. The third-order valence-corrected chi connectivity index (χ3v) is 7.10. The number of pyridine rings is 1. The highest BCUT2D eigenvalue weighted by molar-refractivity contribution is 7.09. The van der Waals surface area contributed by atoms with Crippen molar-refractivity contribution < 1.29 is 14.3 Å². The first-order valence-electron chi connectivity index (χ1n) is 11.6. The standard InChI is InChI=1S/C26H25Cl2N5O3S/c1-29-26(35)23(14-19-6-4-12-37-19)31-24(34)7-3-11-36-25-15-22(17-5-2-10-30-16-17)32-33(25)18-8-9-20(27)21(28)13-18/h2,4-6,8-10,12-13,15-16,23H,3,7,11,14H2,1H3,(H,29,35)(H,31,34)/t23-/m0/s1. The predicted octanol–water partition coefficient (Wildman–Crippen LogP) is 4.94. The summed E-state index contributed by atoms with van der Waals surface area (Å²) in [4.78, 5) is 30.0. The lowest BCUT2D eigenvalue weighted by molar-refractivity contribution is -0.128. The minimum Gasteiger partial charge on any atom is -0.478 e. The normalized spacial score (nSPS) is 11.6. The molecule has 4 rings (SSSR count). The number of rotatable bonds is 11. The van der Waals surface area contributed by atoms with Gasteiger partial charge in [0, 0.05) is 48.8 Å². The topological polar surface area (TPSA) is 98.1 Å². The van der Waals surface area contributed by atoms with Crippen molar-refractivity contribution in [3.63, 3.8) is 0 Å². The Morgan fingerprint density at radius 3 is 2.70 bits per heavy atom. The van der Waals surface area contributed by atoms with Crippen LogP contribution in [0.4, 0.5) is 0 Å². The Kier molecular flexibility index (Phi) is 9.16. The third kappa shape index (κ3) is 7.09. The van der Waals surface area contributed by atoms with Crippen LogP contribution in [0.25, 0.3) is 16.9 Å². The van der Waals surface area contributed by atoms with E-state index in [4.69, 9.17) is 27.9 Å². The predicted molar refractivity (Wildman–Crippen MR) is 146 cm³/mol. The summed E-state index contributed by atoms with van der Waals surface area (Å²) < 4.78 is 7.65. The van der Waals surface area contributed by atoms with Crippen LogP contribution in [0.3, 0.4) is 0 Å². The SMILES string of the molecule is CNC(=O)[C@H](Cc1cccs1)NC(=O)CCCOc1cc(-c2cccnc2)nn1-c1ccc(Cl)c(Cl)c1. The molecule has 8 nitrogen and oxygen atoms in total. The second-order valence-electron chi connectivity index (χ2n) is 8.09. The van der Waals surface area contributed by atoms with Crippen molar-refractivity contribution in [3.8, 4) is 22.8 Å². The monoisotopic (exact) mass is 557 g/mol. The molecule has 2 amide bonds.